The van der Waals surface area contributed by atoms with Crippen LogP contribution in [0.5, 0.6) is 0 Å². The molecule has 0 bridgehead atoms. The Kier molecular flexibility index (Phi) is 6.05. The van der Waals surface area contributed by atoms with Gasteiger partial charge in [0.15, 0.2) is 0 Å². The Morgan fingerprint density at radius 3 is 2.78 bits per heavy atom. The summed E-state index contributed by atoms with van der Waals surface area (Å²) in [5.41, 5.74) is 2.68. The molecular weight excluding hydrogens is 244 g/mol. The predicted octanol–water partition coefficient (Wildman–Crippen LogP) is 2.91. The molecule has 0 aliphatic rings. The fourth-order valence-electron chi connectivity index (χ4n) is 1.73. The number of hydrogen-bond donors (Lipinski definition) is 2. The van der Waals surface area contributed by atoms with Crippen molar-refractivity contribution in [3.63, 3.8) is 0 Å². The Hall–Kier alpha value is -1.16. The number of amides is 1. The molecule has 4 heteroatoms. The van der Waals surface area contributed by atoms with Gasteiger partial charge in [0.2, 0.25) is 0 Å². The number of hydrogen-bond acceptors (Lipinski definition) is 3. The number of aryl methyl sites for hydroxylation is 1. The van der Waals surface area contributed by atoms with E-state index >= 15 is 0 Å². The second-order valence-corrected chi connectivity index (χ2v) is 5.44. The maximum absolute atomic E-state index is 12.2. The van der Waals surface area contributed by atoms with Crippen LogP contribution in [0.1, 0.15) is 29.3 Å². The van der Waals surface area contributed by atoms with E-state index in [0.29, 0.717) is 5.56 Å². The Morgan fingerprint density at radius 1 is 1.44 bits per heavy atom. The molecule has 2 N–H and O–H groups in total. The molecule has 0 aliphatic carbocycles. The first-order valence-electron chi connectivity index (χ1n) is 6.16. The summed E-state index contributed by atoms with van der Waals surface area (Å²) in [7, 11) is 1.83. The van der Waals surface area contributed by atoms with Crippen molar-refractivity contribution in [2.24, 2.45) is 0 Å². The number of anilines is 1. The Balaban J connectivity index is 2.74. The molecule has 0 heterocycles. The third-order valence-electron chi connectivity index (χ3n) is 2.82. The second kappa shape index (κ2) is 7.31. The molecule has 0 spiro atoms. The number of benzene rings is 1. The van der Waals surface area contributed by atoms with Gasteiger partial charge in [-0.1, -0.05) is 11.6 Å². The van der Waals surface area contributed by atoms with E-state index in [1.54, 1.807) is 11.8 Å². The van der Waals surface area contributed by atoms with Crippen LogP contribution in [0.3, 0.4) is 0 Å². The minimum Gasteiger partial charge on any atom is -0.387 e. The van der Waals surface area contributed by atoms with Crippen molar-refractivity contribution < 1.29 is 4.79 Å². The summed E-state index contributed by atoms with van der Waals surface area (Å²) in [6, 6.07) is 6.06. The van der Waals surface area contributed by atoms with Crippen LogP contribution in [0.2, 0.25) is 0 Å². The lowest BCUT2D eigenvalue weighted by molar-refractivity contribution is 0.0940. The number of thioether (sulfide) groups is 1. The minimum absolute atomic E-state index is 0.00310. The quantitative estimate of drug-likeness (QED) is 0.832. The van der Waals surface area contributed by atoms with E-state index in [-0.39, 0.29) is 11.9 Å². The molecule has 1 unspecified atom stereocenters. The number of carbonyl (C=O) groups is 1. The zero-order valence-corrected chi connectivity index (χ0v) is 12.4. The average molecular weight is 266 g/mol. The van der Waals surface area contributed by atoms with Crippen LogP contribution in [0.4, 0.5) is 5.69 Å². The molecule has 1 amide bonds. The zero-order valence-electron chi connectivity index (χ0n) is 11.5. The lowest BCUT2D eigenvalue weighted by atomic mass is 10.1. The van der Waals surface area contributed by atoms with Gasteiger partial charge < -0.3 is 10.6 Å². The minimum atomic E-state index is -0.00310. The monoisotopic (exact) mass is 266 g/mol. The number of carbonyl (C=O) groups excluding carboxylic acids is 1. The van der Waals surface area contributed by atoms with E-state index in [1.807, 2.05) is 39.1 Å². The van der Waals surface area contributed by atoms with Gasteiger partial charge in [0, 0.05) is 18.8 Å². The van der Waals surface area contributed by atoms with Crippen LogP contribution in [0.15, 0.2) is 18.2 Å². The topological polar surface area (TPSA) is 41.1 Å². The van der Waals surface area contributed by atoms with Crippen molar-refractivity contribution in [1.82, 2.24) is 5.32 Å². The standard InChI is InChI=1S/C14H22N2OS/c1-10-5-6-13(15-3)12(9-10)14(17)16-11(2)7-8-18-4/h5-6,9,11,15H,7-8H2,1-4H3,(H,16,17). The molecule has 1 aromatic rings. The highest BCUT2D eigenvalue weighted by Gasteiger charge is 2.13. The van der Waals surface area contributed by atoms with Gasteiger partial charge >= 0.3 is 0 Å². The Labute approximate surface area is 114 Å². The largest absolute Gasteiger partial charge is 0.387 e. The highest BCUT2D eigenvalue weighted by Crippen LogP contribution is 2.17. The average Bonchev–Trinajstić information content (AvgIpc) is 2.36. The van der Waals surface area contributed by atoms with Crippen LogP contribution < -0.4 is 10.6 Å². The Morgan fingerprint density at radius 2 is 2.17 bits per heavy atom. The molecular formula is C14H22N2OS. The molecule has 0 aliphatic heterocycles. The fourth-order valence-corrected chi connectivity index (χ4v) is 2.32. The summed E-state index contributed by atoms with van der Waals surface area (Å²) in [5, 5.41) is 6.10. The summed E-state index contributed by atoms with van der Waals surface area (Å²) >= 11 is 1.80. The van der Waals surface area contributed by atoms with Gasteiger partial charge in [0.05, 0.1) is 5.56 Å². The normalized spacial score (nSPS) is 12.0. The van der Waals surface area contributed by atoms with Crippen LogP contribution in [-0.2, 0) is 0 Å². The lowest BCUT2D eigenvalue weighted by Crippen LogP contribution is -2.33. The van der Waals surface area contributed by atoms with Gasteiger partial charge in [-0.15, -0.1) is 0 Å². The van der Waals surface area contributed by atoms with E-state index in [1.165, 1.54) is 0 Å². The van der Waals surface area contributed by atoms with Gasteiger partial charge in [0.25, 0.3) is 5.91 Å². The summed E-state index contributed by atoms with van der Waals surface area (Å²) < 4.78 is 0. The van der Waals surface area contributed by atoms with Crippen LogP contribution in [0, 0.1) is 6.92 Å². The first kappa shape index (κ1) is 14.9. The van der Waals surface area contributed by atoms with Crippen molar-refractivity contribution in [1.29, 1.82) is 0 Å². The van der Waals surface area contributed by atoms with E-state index < -0.39 is 0 Å². The molecule has 1 rings (SSSR count). The number of rotatable bonds is 6. The van der Waals surface area contributed by atoms with E-state index in [4.69, 9.17) is 0 Å². The van der Waals surface area contributed by atoms with Crippen molar-refractivity contribution >= 4 is 23.4 Å². The molecule has 1 aromatic carbocycles. The SMILES string of the molecule is CNc1ccc(C)cc1C(=O)NC(C)CCSC. The molecule has 0 radical (unpaired) electrons. The van der Waals surface area contributed by atoms with E-state index in [0.717, 1.165) is 23.4 Å². The molecule has 1 atom stereocenters. The molecule has 0 saturated heterocycles. The summed E-state index contributed by atoms with van der Waals surface area (Å²) in [4.78, 5) is 12.2. The van der Waals surface area contributed by atoms with Crippen LogP contribution >= 0.6 is 11.8 Å². The van der Waals surface area contributed by atoms with Crippen molar-refractivity contribution in [2.75, 3.05) is 24.4 Å². The van der Waals surface area contributed by atoms with Crippen molar-refractivity contribution in [3.8, 4) is 0 Å². The highest BCUT2D eigenvalue weighted by atomic mass is 32.2. The number of nitrogens with one attached hydrogen (secondary N) is 2. The molecule has 3 nitrogen and oxygen atoms in total. The first-order chi connectivity index (χ1) is 8.58. The molecule has 0 saturated carbocycles. The second-order valence-electron chi connectivity index (χ2n) is 4.46. The van der Waals surface area contributed by atoms with E-state index in [9.17, 15) is 4.79 Å². The highest BCUT2D eigenvalue weighted by molar-refractivity contribution is 7.98. The fraction of sp³-hybridized carbons (Fsp3) is 0.500. The molecule has 0 aromatic heterocycles. The first-order valence-corrected chi connectivity index (χ1v) is 7.56. The van der Waals surface area contributed by atoms with Gasteiger partial charge in [-0.05, 0) is 44.4 Å². The van der Waals surface area contributed by atoms with Gasteiger partial charge in [-0.25, -0.2) is 0 Å². The maximum Gasteiger partial charge on any atom is 0.253 e. The summed E-state index contributed by atoms with van der Waals surface area (Å²) in [6.07, 6.45) is 3.07. The summed E-state index contributed by atoms with van der Waals surface area (Å²) in [6.45, 7) is 4.04. The smallest absolute Gasteiger partial charge is 0.253 e. The molecule has 18 heavy (non-hydrogen) atoms. The van der Waals surface area contributed by atoms with Gasteiger partial charge in [-0.3, -0.25) is 4.79 Å². The van der Waals surface area contributed by atoms with E-state index in [2.05, 4.69) is 16.9 Å². The van der Waals surface area contributed by atoms with Crippen LogP contribution in [0.25, 0.3) is 0 Å². The van der Waals surface area contributed by atoms with Crippen LogP contribution in [-0.4, -0.2) is 31.0 Å². The van der Waals surface area contributed by atoms with Crippen molar-refractivity contribution in [3.05, 3.63) is 29.3 Å². The molecule has 100 valence electrons. The lowest BCUT2D eigenvalue weighted by Gasteiger charge is -2.15. The Bertz CT molecular complexity index is 407. The van der Waals surface area contributed by atoms with Gasteiger partial charge in [0.1, 0.15) is 0 Å². The third-order valence-corrected chi connectivity index (χ3v) is 3.47. The summed E-state index contributed by atoms with van der Waals surface area (Å²) in [5.74, 6) is 1.06. The van der Waals surface area contributed by atoms with Gasteiger partial charge in [-0.2, -0.15) is 11.8 Å². The zero-order chi connectivity index (χ0) is 13.5. The molecule has 0 fully saturated rings. The maximum atomic E-state index is 12.2. The van der Waals surface area contributed by atoms with Crippen molar-refractivity contribution in [2.45, 2.75) is 26.3 Å². The third kappa shape index (κ3) is 4.26. The predicted molar refractivity (Wildman–Crippen MR) is 80.7 cm³/mol.